The first-order chi connectivity index (χ1) is 9.03. The number of nitrogens with one attached hydrogen (secondary N) is 1. The maximum Gasteiger partial charge on any atom is 0.162 e. The summed E-state index contributed by atoms with van der Waals surface area (Å²) in [5, 5.41) is 6.46. The van der Waals surface area contributed by atoms with E-state index in [1.54, 1.807) is 11.3 Å². The Hall–Kier alpha value is -1.68. The zero-order valence-electron chi connectivity index (χ0n) is 11.4. The van der Waals surface area contributed by atoms with Crippen LogP contribution < -0.4 is 5.32 Å². The van der Waals surface area contributed by atoms with Gasteiger partial charge in [0.15, 0.2) is 5.78 Å². The van der Waals surface area contributed by atoms with Crippen LogP contribution in [0.15, 0.2) is 35.8 Å². The predicted molar refractivity (Wildman–Crippen MR) is 79.8 cm³/mol. The van der Waals surface area contributed by atoms with Gasteiger partial charge >= 0.3 is 0 Å². The molecular formula is C15H18N2OS. The Balaban J connectivity index is 2.14. The smallest absolute Gasteiger partial charge is 0.162 e. The number of ketones is 1. The van der Waals surface area contributed by atoms with Crippen LogP contribution in [0.3, 0.4) is 0 Å². The highest BCUT2D eigenvalue weighted by molar-refractivity contribution is 7.09. The van der Waals surface area contributed by atoms with Crippen molar-refractivity contribution in [3.8, 4) is 0 Å². The number of nitrogens with zero attached hydrogens (tertiary/aromatic N) is 1. The fraction of sp³-hybridized carbons (Fsp3) is 0.333. The molecule has 0 aliphatic carbocycles. The molecule has 100 valence electrons. The average Bonchev–Trinajstić information content (AvgIpc) is 2.93. The van der Waals surface area contributed by atoms with Crippen LogP contribution >= 0.6 is 11.3 Å². The highest BCUT2D eigenvalue weighted by Gasteiger charge is 2.22. The molecule has 19 heavy (non-hydrogen) atoms. The van der Waals surface area contributed by atoms with Crippen LogP contribution in [0.2, 0.25) is 0 Å². The van der Waals surface area contributed by atoms with E-state index in [4.69, 9.17) is 0 Å². The average molecular weight is 274 g/mol. The van der Waals surface area contributed by atoms with Gasteiger partial charge in [-0.3, -0.25) is 4.79 Å². The predicted octanol–water partition coefficient (Wildman–Crippen LogP) is 4.08. The Labute approximate surface area is 117 Å². The van der Waals surface area contributed by atoms with Crippen LogP contribution in [0.5, 0.6) is 0 Å². The summed E-state index contributed by atoms with van der Waals surface area (Å²) in [6.45, 7) is 6.06. The number of benzene rings is 1. The van der Waals surface area contributed by atoms with Gasteiger partial charge in [-0.2, -0.15) is 0 Å². The van der Waals surface area contributed by atoms with E-state index in [1.165, 1.54) is 0 Å². The zero-order valence-corrected chi connectivity index (χ0v) is 12.3. The summed E-state index contributed by atoms with van der Waals surface area (Å²) in [7, 11) is 0. The largest absolute Gasteiger partial charge is 0.374 e. The molecule has 0 saturated carbocycles. The molecule has 0 aliphatic rings. The molecule has 0 radical (unpaired) electrons. The quantitative estimate of drug-likeness (QED) is 0.835. The summed E-state index contributed by atoms with van der Waals surface area (Å²) in [5.41, 5.74) is 1.54. The monoisotopic (exact) mass is 274 g/mol. The SMILES string of the molecule is CCC(=O)c1ccc(NC(C)(C)c2nccs2)cc1. The van der Waals surface area contributed by atoms with E-state index in [0.717, 1.165) is 16.3 Å². The van der Waals surface area contributed by atoms with Crippen molar-refractivity contribution in [1.29, 1.82) is 0 Å². The lowest BCUT2D eigenvalue weighted by atomic mass is 10.0. The van der Waals surface area contributed by atoms with Crippen molar-refractivity contribution in [3.63, 3.8) is 0 Å². The minimum Gasteiger partial charge on any atom is -0.374 e. The first-order valence-electron chi connectivity index (χ1n) is 6.34. The van der Waals surface area contributed by atoms with Crippen molar-refractivity contribution < 1.29 is 4.79 Å². The van der Waals surface area contributed by atoms with Gasteiger partial charge in [-0.25, -0.2) is 4.98 Å². The maximum atomic E-state index is 11.6. The number of carbonyl (C=O) groups excluding carboxylic acids is 1. The Bertz CT molecular complexity index is 544. The van der Waals surface area contributed by atoms with Crippen molar-refractivity contribution in [1.82, 2.24) is 4.98 Å². The van der Waals surface area contributed by atoms with Crippen LogP contribution in [-0.2, 0) is 5.54 Å². The summed E-state index contributed by atoms with van der Waals surface area (Å²) in [4.78, 5) is 15.9. The lowest BCUT2D eigenvalue weighted by molar-refractivity contribution is 0.0988. The van der Waals surface area contributed by atoms with Crippen LogP contribution in [-0.4, -0.2) is 10.8 Å². The topological polar surface area (TPSA) is 42.0 Å². The number of hydrogen-bond acceptors (Lipinski definition) is 4. The van der Waals surface area contributed by atoms with Gasteiger partial charge in [0, 0.05) is 29.2 Å². The third-order valence-corrected chi connectivity index (χ3v) is 4.05. The summed E-state index contributed by atoms with van der Waals surface area (Å²) in [6, 6.07) is 7.62. The molecule has 1 aromatic heterocycles. The molecule has 0 fully saturated rings. The third-order valence-electron chi connectivity index (χ3n) is 2.95. The Morgan fingerprint density at radius 1 is 1.32 bits per heavy atom. The highest BCUT2D eigenvalue weighted by atomic mass is 32.1. The lowest BCUT2D eigenvalue weighted by Crippen LogP contribution is -2.27. The van der Waals surface area contributed by atoms with Crippen molar-refractivity contribution >= 4 is 22.8 Å². The number of Topliss-reactive ketones (excluding diaryl/α,β-unsaturated/α-hetero) is 1. The minimum atomic E-state index is -0.218. The number of thiazole rings is 1. The van der Waals surface area contributed by atoms with Gasteiger partial charge in [-0.05, 0) is 38.1 Å². The molecule has 0 unspecified atom stereocenters. The Kier molecular flexibility index (Phi) is 4.00. The van der Waals surface area contributed by atoms with Crippen LogP contribution in [0, 0.1) is 0 Å². The van der Waals surface area contributed by atoms with Gasteiger partial charge in [0.05, 0.1) is 5.54 Å². The van der Waals surface area contributed by atoms with Crippen LogP contribution in [0.4, 0.5) is 5.69 Å². The number of aromatic nitrogens is 1. The molecular weight excluding hydrogens is 256 g/mol. The van der Waals surface area contributed by atoms with E-state index in [0.29, 0.717) is 6.42 Å². The Morgan fingerprint density at radius 2 is 2.00 bits per heavy atom. The molecule has 0 bridgehead atoms. The fourth-order valence-corrected chi connectivity index (χ4v) is 2.61. The molecule has 1 N–H and O–H groups in total. The molecule has 4 heteroatoms. The van der Waals surface area contributed by atoms with Crippen LogP contribution in [0.25, 0.3) is 0 Å². The van der Waals surface area contributed by atoms with Gasteiger partial charge in [-0.15, -0.1) is 11.3 Å². The molecule has 1 heterocycles. The van der Waals surface area contributed by atoms with Crippen molar-refractivity contribution in [2.75, 3.05) is 5.32 Å². The lowest BCUT2D eigenvalue weighted by Gasteiger charge is -2.25. The summed E-state index contributed by atoms with van der Waals surface area (Å²) < 4.78 is 0. The van der Waals surface area contributed by atoms with E-state index in [2.05, 4.69) is 24.1 Å². The molecule has 0 aliphatic heterocycles. The number of rotatable bonds is 5. The molecule has 3 nitrogen and oxygen atoms in total. The van der Waals surface area contributed by atoms with E-state index < -0.39 is 0 Å². The summed E-state index contributed by atoms with van der Waals surface area (Å²) in [6.07, 6.45) is 2.35. The molecule has 2 aromatic rings. The van der Waals surface area contributed by atoms with E-state index in [1.807, 2.05) is 42.8 Å². The van der Waals surface area contributed by atoms with Gasteiger partial charge < -0.3 is 5.32 Å². The summed E-state index contributed by atoms with van der Waals surface area (Å²) in [5.74, 6) is 0.172. The second-order valence-electron chi connectivity index (χ2n) is 4.94. The first-order valence-corrected chi connectivity index (χ1v) is 7.22. The maximum absolute atomic E-state index is 11.6. The van der Waals surface area contributed by atoms with Gasteiger partial charge in [-0.1, -0.05) is 6.92 Å². The Morgan fingerprint density at radius 3 is 2.53 bits per heavy atom. The van der Waals surface area contributed by atoms with Crippen molar-refractivity contribution in [2.24, 2.45) is 0 Å². The molecule has 0 saturated heterocycles. The van der Waals surface area contributed by atoms with Gasteiger partial charge in [0.25, 0.3) is 0 Å². The first kappa shape index (κ1) is 13.7. The van der Waals surface area contributed by atoms with E-state index >= 15 is 0 Å². The number of carbonyl (C=O) groups is 1. The second kappa shape index (κ2) is 5.53. The van der Waals surface area contributed by atoms with Gasteiger partial charge in [0.1, 0.15) is 5.01 Å². The van der Waals surface area contributed by atoms with Crippen molar-refractivity contribution in [2.45, 2.75) is 32.7 Å². The van der Waals surface area contributed by atoms with Gasteiger partial charge in [0.2, 0.25) is 0 Å². The van der Waals surface area contributed by atoms with E-state index in [-0.39, 0.29) is 11.3 Å². The second-order valence-corrected chi connectivity index (χ2v) is 5.84. The number of anilines is 1. The molecule has 0 spiro atoms. The molecule has 1 aromatic carbocycles. The fourth-order valence-electron chi connectivity index (χ4n) is 1.89. The normalized spacial score (nSPS) is 11.3. The van der Waals surface area contributed by atoms with Crippen LogP contribution in [0.1, 0.15) is 42.6 Å². The third kappa shape index (κ3) is 3.20. The summed E-state index contributed by atoms with van der Waals surface area (Å²) >= 11 is 1.63. The number of hydrogen-bond donors (Lipinski definition) is 1. The standard InChI is InChI=1S/C15H18N2OS/c1-4-13(18)11-5-7-12(8-6-11)17-15(2,3)14-16-9-10-19-14/h5-10,17H,4H2,1-3H3. The minimum absolute atomic E-state index is 0.172. The molecule has 2 rings (SSSR count). The zero-order chi connectivity index (χ0) is 13.9. The van der Waals surface area contributed by atoms with Crippen molar-refractivity contribution in [3.05, 3.63) is 46.4 Å². The molecule has 0 amide bonds. The van der Waals surface area contributed by atoms with E-state index in [9.17, 15) is 4.79 Å². The molecule has 0 atom stereocenters. The highest BCUT2D eigenvalue weighted by Crippen LogP contribution is 2.27.